The average molecular weight is 160 g/mol. The largest absolute Gasteiger partial charge is 0.341 e. The second-order valence-electron chi connectivity index (χ2n) is 3.40. The van der Waals surface area contributed by atoms with Gasteiger partial charge in [-0.05, 0) is 27.7 Å². The van der Waals surface area contributed by atoms with E-state index in [1.165, 1.54) is 0 Å². The van der Waals surface area contributed by atoms with Crippen molar-refractivity contribution in [2.75, 3.05) is 6.54 Å². The molecule has 2 amide bonds. The van der Waals surface area contributed by atoms with Gasteiger partial charge in [0.15, 0.2) is 0 Å². The Kier molecular flexibility index (Phi) is 3.32. The fourth-order valence-electron chi connectivity index (χ4n) is 0.529. The molecular formula is C7H16N2O2. The summed E-state index contributed by atoms with van der Waals surface area (Å²) in [5, 5.41) is 12.2. The molecule has 0 rings (SSSR count). The van der Waals surface area contributed by atoms with E-state index in [1.54, 1.807) is 6.92 Å². The van der Waals surface area contributed by atoms with E-state index in [4.69, 9.17) is 5.21 Å². The van der Waals surface area contributed by atoms with Crippen molar-refractivity contribution in [2.45, 2.75) is 33.2 Å². The number of nitrogens with one attached hydrogen (secondary N) is 1. The first kappa shape index (κ1) is 10.2. The van der Waals surface area contributed by atoms with Gasteiger partial charge in [0.05, 0.1) is 0 Å². The Morgan fingerprint density at radius 3 is 2.27 bits per heavy atom. The van der Waals surface area contributed by atoms with Crippen LogP contribution in [0.25, 0.3) is 0 Å². The van der Waals surface area contributed by atoms with Gasteiger partial charge in [-0.2, -0.15) is 0 Å². The molecule has 4 nitrogen and oxygen atoms in total. The first-order valence-corrected chi connectivity index (χ1v) is 3.65. The number of carbonyl (C=O) groups excluding carboxylic acids is 1. The lowest BCUT2D eigenvalue weighted by Gasteiger charge is -2.23. The number of carbonyl (C=O) groups is 1. The maximum absolute atomic E-state index is 11.0. The lowest BCUT2D eigenvalue weighted by Crippen LogP contribution is -2.47. The third-order valence-corrected chi connectivity index (χ3v) is 1.02. The van der Waals surface area contributed by atoms with Crippen molar-refractivity contribution in [3.63, 3.8) is 0 Å². The van der Waals surface area contributed by atoms with Crippen LogP contribution < -0.4 is 5.32 Å². The average Bonchev–Trinajstić information content (AvgIpc) is 1.82. The highest BCUT2D eigenvalue weighted by molar-refractivity contribution is 5.73. The van der Waals surface area contributed by atoms with E-state index in [1.807, 2.05) is 20.8 Å². The van der Waals surface area contributed by atoms with Crippen LogP contribution in [0.15, 0.2) is 0 Å². The van der Waals surface area contributed by atoms with Crippen LogP contribution in [-0.2, 0) is 0 Å². The van der Waals surface area contributed by atoms with Gasteiger partial charge in [0.1, 0.15) is 0 Å². The Morgan fingerprint density at radius 2 is 2.00 bits per heavy atom. The third kappa shape index (κ3) is 4.61. The summed E-state index contributed by atoms with van der Waals surface area (Å²) < 4.78 is 0. The van der Waals surface area contributed by atoms with Crippen LogP contribution in [0.5, 0.6) is 0 Å². The van der Waals surface area contributed by atoms with E-state index in [0.29, 0.717) is 11.6 Å². The van der Waals surface area contributed by atoms with E-state index in [0.717, 1.165) is 0 Å². The van der Waals surface area contributed by atoms with Gasteiger partial charge in [-0.1, -0.05) is 0 Å². The second kappa shape index (κ2) is 3.57. The van der Waals surface area contributed by atoms with E-state index < -0.39 is 6.03 Å². The lowest BCUT2D eigenvalue weighted by molar-refractivity contribution is -0.0405. The summed E-state index contributed by atoms with van der Waals surface area (Å²) in [6.45, 7) is 7.56. The fraction of sp³-hybridized carbons (Fsp3) is 0.857. The van der Waals surface area contributed by atoms with E-state index in [-0.39, 0.29) is 5.54 Å². The molecule has 2 N–H and O–H groups in total. The molecule has 0 aromatic rings. The smallest absolute Gasteiger partial charge is 0.332 e. The maximum atomic E-state index is 11.0. The molecule has 0 bridgehead atoms. The van der Waals surface area contributed by atoms with Gasteiger partial charge in [0, 0.05) is 12.1 Å². The van der Waals surface area contributed by atoms with Crippen molar-refractivity contribution < 1.29 is 10.0 Å². The zero-order valence-electron chi connectivity index (χ0n) is 7.51. The Morgan fingerprint density at radius 1 is 1.55 bits per heavy atom. The van der Waals surface area contributed by atoms with Gasteiger partial charge in [0.2, 0.25) is 0 Å². The van der Waals surface area contributed by atoms with Crippen molar-refractivity contribution in [3.05, 3.63) is 0 Å². The van der Waals surface area contributed by atoms with Crippen molar-refractivity contribution in [1.82, 2.24) is 10.4 Å². The SMILES string of the molecule is CCN(O)C(=O)NC(C)(C)C. The van der Waals surface area contributed by atoms with Crippen LogP contribution in [0, 0.1) is 0 Å². The molecule has 0 saturated heterocycles. The predicted molar refractivity (Wildman–Crippen MR) is 42.5 cm³/mol. The molecule has 0 fully saturated rings. The number of hydrogen-bond donors (Lipinski definition) is 2. The lowest BCUT2D eigenvalue weighted by atomic mass is 10.1. The van der Waals surface area contributed by atoms with Gasteiger partial charge < -0.3 is 5.32 Å². The monoisotopic (exact) mass is 160 g/mol. The van der Waals surface area contributed by atoms with Crippen LogP contribution in [0.4, 0.5) is 4.79 Å². The summed E-state index contributed by atoms with van der Waals surface area (Å²) in [4.78, 5) is 11.0. The zero-order valence-corrected chi connectivity index (χ0v) is 7.51. The molecule has 11 heavy (non-hydrogen) atoms. The third-order valence-electron chi connectivity index (χ3n) is 1.02. The number of rotatable bonds is 1. The highest BCUT2D eigenvalue weighted by Crippen LogP contribution is 1.99. The molecule has 0 heterocycles. The molecule has 0 aromatic carbocycles. The Labute approximate surface area is 67.1 Å². The summed E-state index contributed by atoms with van der Waals surface area (Å²) in [7, 11) is 0. The molecule has 0 aromatic heterocycles. The molecule has 66 valence electrons. The highest BCUT2D eigenvalue weighted by atomic mass is 16.5. The predicted octanol–water partition coefficient (Wildman–Crippen LogP) is 1.21. The number of hydrogen-bond acceptors (Lipinski definition) is 2. The molecule has 0 aliphatic carbocycles. The fourth-order valence-corrected chi connectivity index (χ4v) is 0.529. The minimum Gasteiger partial charge on any atom is -0.332 e. The van der Waals surface area contributed by atoms with Crippen LogP contribution >= 0.6 is 0 Å². The molecule has 0 saturated carbocycles. The Hall–Kier alpha value is -0.770. The number of amides is 2. The van der Waals surface area contributed by atoms with Gasteiger partial charge in [-0.15, -0.1) is 0 Å². The zero-order chi connectivity index (χ0) is 9.07. The molecular weight excluding hydrogens is 144 g/mol. The summed E-state index contributed by atoms with van der Waals surface area (Å²) in [5.74, 6) is 0. The van der Waals surface area contributed by atoms with Crippen molar-refractivity contribution >= 4 is 6.03 Å². The molecule has 0 aliphatic heterocycles. The minimum atomic E-state index is -0.458. The van der Waals surface area contributed by atoms with Crippen molar-refractivity contribution in [3.8, 4) is 0 Å². The summed E-state index contributed by atoms with van der Waals surface area (Å²) in [5.41, 5.74) is -0.298. The second-order valence-corrected chi connectivity index (χ2v) is 3.40. The number of hydroxylamine groups is 2. The molecule has 0 aliphatic rings. The van der Waals surface area contributed by atoms with Crippen molar-refractivity contribution in [2.24, 2.45) is 0 Å². The highest BCUT2D eigenvalue weighted by Gasteiger charge is 2.16. The van der Waals surface area contributed by atoms with Crippen LogP contribution in [0.3, 0.4) is 0 Å². The van der Waals surface area contributed by atoms with Gasteiger partial charge in [-0.25, -0.2) is 9.86 Å². The normalized spacial score (nSPS) is 11.0. The first-order chi connectivity index (χ1) is 4.87. The quantitative estimate of drug-likeness (QED) is 0.447. The molecule has 4 heteroatoms. The van der Waals surface area contributed by atoms with Crippen LogP contribution in [-0.4, -0.2) is 28.4 Å². The first-order valence-electron chi connectivity index (χ1n) is 3.65. The van der Waals surface area contributed by atoms with Gasteiger partial charge in [0.25, 0.3) is 0 Å². The molecule has 0 spiro atoms. The minimum absolute atomic E-state index is 0.294. The van der Waals surface area contributed by atoms with E-state index in [9.17, 15) is 4.79 Å². The topological polar surface area (TPSA) is 52.6 Å². The molecule has 0 atom stereocenters. The molecule has 0 unspecified atom stereocenters. The van der Waals surface area contributed by atoms with E-state index in [2.05, 4.69) is 5.32 Å². The standard InChI is InChI=1S/C7H16N2O2/c1-5-9(11)6(10)8-7(2,3)4/h11H,5H2,1-4H3,(H,8,10). The summed E-state index contributed by atoms with van der Waals surface area (Å²) in [6.07, 6.45) is 0. The van der Waals surface area contributed by atoms with E-state index >= 15 is 0 Å². The Bertz CT molecular complexity index is 140. The summed E-state index contributed by atoms with van der Waals surface area (Å²) >= 11 is 0. The Balaban J connectivity index is 3.88. The summed E-state index contributed by atoms with van der Waals surface area (Å²) in [6, 6.07) is -0.458. The van der Waals surface area contributed by atoms with Crippen LogP contribution in [0.2, 0.25) is 0 Å². The number of nitrogens with zero attached hydrogens (tertiary/aromatic N) is 1. The number of urea groups is 1. The van der Waals surface area contributed by atoms with Gasteiger partial charge >= 0.3 is 6.03 Å². The maximum Gasteiger partial charge on any atom is 0.341 e. The molecule has 0 radical (unpaired) electrons. The van der Waals surface area contributed by atoms with Crippen LogP contribution in [0.1, 0.15) is 27.7 Å². The van der Waals surface area contributed by atoms with Crippen molar-refractivity contribution in [1.29, 1.82) is 0 Å². The van der Waals surface area contributed by atoms with Gasteiger partial charge in [-0.3, -0.25) is 5.21 Å².